The quantitative estimate of drug-likeness (QED) is 0.630. The normalized spacial score (nSPS) is 13.0. The summed E-state index contributed by atoms with van der Waals surface area (Å²) < 4.78 is 84.4. The van der Waals surface area contributed by atoms with Crippen LogP contribution < -0.4 is 9.46 Å². The largest absolute Gasteiger partial charge is 0.492 e. The molecule has 0 saturated carbocycles. The molecule has 0 aliphatic heterocycles. The fourth-order valence-corrected chi connectivity index (χ4v) is 3.98. The second-order valence-corrected chi connectivity index (χ2v) is 8.08. The molecule has 0 bridgehead atoms. The molecule has 30 heavy (non-hydrogen) atoms. The standard InChI is InChI=1S/C19H20F4N2O4S/c1-13(18(26)25(2)11-12-29-15-9-7-14(20)8-10-15)24-30(27,28)17-6-4-3-5-16(17)19(21,22)23/h3-10,13,24H,11-12H2,1-2H3/t13-/m0/s1. The number of alkyl halides is 3. The van der Waals surface area contributed by atoms with Crippen molar-refractivity contribution in [1.29, 1.82) is 0 Å². The van der Waals surface area contributed by atoms with E-state index < -0.39 is 44.4 Å². The number of ether oxygens (including phenoxy) is 1. The van der Waals surface area contributed by atoms with E-state index in [9.17, 15) is 30.8 Å². The predicted molar refractivity (Wildman–Crippen MR) is 101 cm³/mol. The Labute approximate surface area is 171 Å². The summed E-state index contributed by atoms with van der Waals surface area (Å²) in [5.41, 5.74) is -1.32. The van der Waals surface area contributed by atoms with E-state index >= 15 is 0 Å². The van der Waals surface area contributed by atoms with E-state index in [1.165, 1.54) is 43.1 Å². The smallest absolute Gasteiger partial charge is 0.417 e. The lowest BCUT2D eigenvalue weighted by Crippen LogP contribution is -2.46. The lowest BCUT2D eigenvalue weighted by molar-refractivity contribution is -0.139. The summed E-state index contributed by atoms with van der Waals surface area (Å²) in [5, 5.41) is 0. The zero-order valence-electron chi connectivity index (χ0n) is 16.1. The summed E-state index contributed by atoms with van der Waals surface area (Å²) >= 11 is 0. The number of nitrogens with one attached hydrogen (secondary N) is 1. The van der Waals surface area contributed by atoms with Crippen molar-refractivity contribution in [2.45, 2.75) is 24.0 Å². The molecule has 0 fully saturated rings. The number of halogens is 4. The zero-order chi connectivity index (χ0) is 22.5. The van der Waals surface area contributed by atoms with Crippen LogP contribution in [0.25, 0.3) is 0 Å². The summed E-state index contributed by atoms with van der Waals surface area (Å²) in [6.07, 6.45) is -4.87. The van der Waals surface area contributed by atoms with Gasteiger partial charge in [0.25, 0.3) is 0 Å². The van der Waals surface area contributed by atoms with Gasteiger partial charge in [-0.05, 0) is 43.3 Å². The lowest BCUT2D eigenvalue weighted by Gasteiger charge is -2.23. The van der Waals surface area contributed by atoms with Crippen molar-refractivity contribution in [1.82, 2.24) is 9.62 Å². The molecule has 6 nitrogen and oxygen atoms in total. The Morgan fingerprint density at radius 3 is 2.33 bits per heavy atom. The summed E-state index contributed by atoms with van der Waals surface area (Å²) in [5.74, 6) is -0.705. The van der Waals surface area contributed by atoms with Crippen molar-refractivity contribution in [2.75, 3.05) is 20.2 Å². The topological polar surface area (TPSA) is 75.7 Å². The maximum absolute atomic E-state index is 13.1. The first-order valence-electron chi connectivity index (χ1n) is 8.73. The molecule has 0 aliphatic carbocycles. The van der Waals surface area contributed by atoms with Gasteiger partial charge in [-0.25, -0.2) is 12.8 Å². The number of amides is 1. The van der Waals surface area contributed by atoms with E-state index in [1.807, 2.05) is 4.72 Å². The molecule has 1 amide bonds. The van der Waals surface area contributed by atoms with Gasteiger partial charge in [0.1, 0.15) is 18.2 Å². The minimum atomic E-state index is -4.87. The van der Waals surface area contributed by atoms with Crippen molar-refractivity contribution in [2.24, 2.45) is 0 Å². The number of sulfonamides is 1. The maximum atomic E-state index is 13.1. The molecule has 2 aromatic carbocycles. The molecule has 0 spiro atoms. The fourth-order valence-electron chi connectivity index (χ4n) is 2.55. The van der Waals surface area contributed by atoms with E-state index in [1.54, 1.807) is 0 Å². The Balaban J connectivity index is 1.99. The molecule has 164 valence electrons. The monoisotopic (exact) mass is 448 g/mol. The van der Waals surface area contributed by atoms with Gasteiger partial charge in [0, 0.05) is 7.05 Å². The maximum Gasteiger partial charge on any atom is 0.417 e. The average Bonchev–Trinajstić information content (AvgIpc) is 2.67. The molecule has 0 unspecified atom stereocenters. The average molecular weight is 448 g/mol. The van der Waals surface area contributed by atoms with Crippen LogP contribution in [0, 0.1) is 5.82 Å². The Morgan fingerprint density at radius 1 is 1.13 bits per heavy atom. The molecule has 1 N–H and O–H groups in total. The zero-order valence-corrected chi connectivity index (χ0v) is 16.9. The third-order valence-electron chi connectivity index (χ3n) is 4.07. The van der Waals surface area contributed by atoms with Crippen molar-refractivity contribution in [3.05, 3.63) is 59.9 Å². The first-order valence-corrected chi connectivity index (χ1v) is 10.2. The second-order valence-electron chi connectivity index (χ2n) is 6.40. The van der Waals surface area contributed by atoms with Crippen molar-refractivity contribution >= 4 is 15.9 Å². The highest BCUT2D eigenvalue weighted by Gasteiger charge is 2.37. The summed E-state index contributed by atoms with van der Waals surface area (Å²) in [7, 11) is -3.21. The van der Waals surface area contributed by atoms with Crippen LogP contribution in [0.3, 0.4) is 0 Å². The van der Waals surface area contributed by atoms with Gasteiger partial charge < -0.3 is 9.64 Å². The highest BCUT2D eigenvalue weighted by Crippen LogP contribution is 2.33. The van der Waals surface area contributed by atoms with Gasteiger partial charge in [0.05, 0.1) is 23.0 Å². The Kier molecular flexibility index (Phi) is 7.43. The SMILES string of the molecule is C[C@H](NS(=O)(=O)c1ccccc1C(F)(F)F)C(=O)N(C)CCOc1ccc(F)cc1. The molecular weight excluding hydrogens is 428 g/mol. The van der Waals surface area contributed by atoms with Gasteiger partial charge in [-0.15, -0.1) is 0 Å². The minimum absolute atomic E-state index is 0.0459. The molecule has 0 heterocycles. The van der Waals surface area contributed by atoms with Crippen LogP contribution in [-0.4, -0.2) is 45.5 Å². The van der Waals surface area contributed by atoms with Crippen LogP contribution in [-0.2, 0) is 21.0 Å². The molecule has 11 heteroatoms. The molecule has 2 rings (SSSR count). The molecule has 0 saturated heterocycles. The molecular formula is C19H20F4N2O4S. The van der Waals surface area contributed by atoms with Crippen molar-refractivity contribution in [3.8, 4) is 5.75 Å². The summed E-state index contributed by atoms with van der Waals surface area (Å²) in [6.45, 7) is 1.35. The molecule has 2 aromatic rings. The van der Waals surface area contributed by atoms with Crippen LogP contribution in [0.15, 0.2) is 53.4 Å². The number of hydrogen-bond acceptors (Lipinski definition) is 4. The van der Waals surface area contributed by atoms with E-state index in [-0.39, 0.29) is 13.2 Å². The molecule has 0 aromatic heterocycles. The number of hydrogen-bond donors (Lipinski definition) is 1. The molecule has 1 atom stereocenters. The first kappa shape index (κ1) is 23.6. The minimum Gasteiger partial charge on any atom is -0.492 e. The first-order chi connectivity index (χ1) is 13.9. The number of benzene rings is 2. The van der Waals surface area contributed by atoms with Gasteiger partial charge in [-0.2, -0.15) is 17.9 Å². The third-order valence-corrected chi connectivity index (χ3v) is 5.67. The van der Waals surface area contributed by atoms with E-state index in [4.69, 9.17) is 4.74 Å². The van der Waals surface area contributed by atoms with E-state index in [0.29, 0.717) is 11.8 Å². The Bertz CT molecular complexity index is 979. The summed E-state index contributed by atoms with van der Waals surface area (Å²) in [6, 6.07) is 7.63. The van der Waals surface area contributed by atoms with E-state index in [2.05, 4.69) is 0 Å². The Hall–Kier alpha value is -2.66. The van der Waals surface area contributed by atoms with Crippen LogP contribution in [0.5, 0.6) is 5.75 Å². The number of likely N-dealkylation sites (N-methyl/N-ethyl adjacent to an activating group) is 1. The van der Waals surface area contributed by atoms with Gasteiger partial charge in [-0.1, -0.05) is 12.1 Å². The number of carbonyl (C=O) groups is 1. The molecule has 0 aliphatic rings. The van der Waals surface area contributed by atoms with Gasteiger partial charge in [-0.3, -0.25) is 4.79 Å². The van der Waals surface area contributed by atoms with Gasteiger partial charge >= 0.3 is 6.18 Å². The van der Waals surface area contributed by atoms with Crippen molar-refractivity contribution < 1.29 is 35.5 Å². The Morgan fingerprint density at radius 2 is 1.73 bits per heavy atom. The van der Waals surface area contributed by atoms with Crippen LogP contribution >= 0.6 is 0 Å². The molecule has 0 radical (unpaired) electrons. The van der Waals surface area contributed by atoms with Crippen LogP contribution in [0.1, 0.15) is 12.5 Å². The predicted octanol–water partition coefficient (Wildman–Crippen LogP) is 3.05. The number of carbonyl (C=O) groups excluding carboxylic acids is 1. The second kappa shape index (κ2) is 9.43. The summed E-state index contributed by atoms with van der Waals surface area (Å²) in [4.78, 5) is 12.6. The third kappa shape index (κ3) is 6.17. The fraction of sp³-hybridized carbons (Fsp3) is 0.316. The van der Waals surface area contributed by atoms with E-state index in [0.717, 1.165) is 18.2 Å². The number of rotatable bonds is 8. The highest BCUT2D eigenvalue weighted by molar-refractivity contribution is 7.89. The highest BCUT2D eigenvalue weighted by atomic mass is 32.2. The van der Waals surface area contributed by atoms with Gasteiger partial charge in [0.2, 0.25) is 15.9 Å². The van der Waals surface area contributed by atoms with Crippen LogP contribution in [0.2, 0.25) is 0 Å². The van der Waals surface area contributed by atoms with Crippen LogP contribution in [0.4, 0.5) is 17.6 Å². The lowest BCUT2D eigenvalue weighted by atomic mass is 10.2. The van der Waals surface area contributed by atoms with Gasteiger partial charge in [0.15, 0.2) is 0 Å². The number of nitrogens with zero attached hydrogens (tertiary/aromatic N) is 1. The van der Waals surface area contributed by atoms with Crippen molar-refractivity contribution in [3.63, 3.8) is 0 Å².